The van der Waals surface area contributed by atoms with Crippen LogP contribution in [0.4, 0.5) is 5.69 Å². The minimum absolute atomic E-state index is 0.0421. The Labute approximate surface area is 285 Å². The molecule has 0 aliphatic heterocycles. The predicted molar refractivity (Wildman–Crippen MR) is 192 cm³/mol. The Kier molecular flexibility index (Phi) is 9.85. The highest BCUT2D eigenvalue weighted by Crippen LogP contribution is 2.31. The van der Waals surface area contributed by atoms with Crippen molar-refractivity contribution in [2.45, 2.75) is 25.0 Å². The maximum atomic E-state index is 13.8. The highest BCUT2D eigenvalue weighted by Gasteiger charge is 2.26. The van der Waals surface area contributed by atoms with E-state index in [0.717, 1.165) is 22.4 Å². The molecular weight excluding hydrogens is 642 g/mol. The van der Waals surface area contributed by atoms with Crippen LogP contribution in [0.3, 0.4) is 0 Å². The maximum Gasteiger partial charge on any atom is 0.271 e. The number of hydrazone groups is 1. The number of rotatable bonds is 11. The third-order valence-electron chi connectivity index (χ3n) is 7.79. The summed E-state index contributed by atoms with van der Waals surface area (Å²) in [7, 11) is -3.91. The molecule has 0 bridgehead atoms. The normalized spacial score (nSPS) is 11.5. The van der Waals surface area contributed by atoms with Crippen molar-refractivity contribution >= 4 is 50.2 Å². The SMILES string of the molecule is Cc1ccc(Cl)cc1N(Cc1ccc(C(=O)N/N=C\c2ccc(OCc3ccc4ccccc4c3)cc2)cc1)S(=O)(=O)c1ccccc1. The summed E-state index contributed by atoms with van der Waals surface area (Å²) in [5.74, 6) is 0.331. The molecule has 240 valence electrons. The first-order valence-corrected chi connectivity index (χ1v) is 17.0. The van der Waals surface area contributed by atoms with Crippen molar-refractivity contribution in [3.63, 3.8) is 0 Å². The highest BCUT2D eigenvalue weighted by atomic mass is 35.5. The lowest BCUT2D eigenvalue weighted by atomic mass is 10.1. The van der Waals surface area contributed by atoms with Crippen LogP contribution in [0.1, 0.15) is 32.6 Å². The zero-order valence-electron chi connectivity index (χ0n) is 26.1. The minimum Gasteiger partial charge on any atom is -0.489 e. The van der Waals surface area contributed by atoms with E-state index >= 15 is 0 Å². The number of benzene rings is 6. The van der Waals surface area contributed by atoms with Gasteiger partial charge in [-0.25, -0.2) is 13.8 Å². The van der Waals surface area contributed by atoms with Gasteiger partial charge in [0.15, 0.2) is 0 Å². The molecule has 9 heteroatoms. The second-order valence-corrected chi connectivity index (χ2v) is 13.5. The number of carbonyl (C=O) groups excluding carboxylic acids is 1. The van der Waals surface area contributed by atoms with Crippen LogP contribution in [-0.4, -0.2) is 20.5 Å². The zero-order valence-corrected chi connectivity index (χ0v) is 27.7. The van der Waals surface area contributed by atoms with Gasteiger partial charge in [-0.2, -0.15) is 5.10 Å². The molecule has 0 radical (unpaired) electrons. The standard InChI is InChI=1S/C39H32ClN3O4S/c1-28-11-20-35(40)24-38(28)43(48(45,46)37-9-3-2-4-10-37)26-30-12-18-33(19-13-30)39(44)42-41-25-29-15-21-36(22-16-29)47-27-31-14-17-32-7-5-6-8-34(32)23-31/h2-25H,26-27H2,1H3,(H,42,44)/b41-25-. The molecule has 1 N–H and O–H groups in total. The predicted octanol–water partition coefficient (Wildman–Crippen LogP) is 8.54. The molecule has 0 saturated heterocycles. The summed E-state index contributed by atoms with van der Waals surface area (Å²) in [6.07, 6.45) is 1.55. The molecule has 0 heterocycles. The van der Waals surface area contributed by atoms with Gasteiger partial charge < -0.3 is 4.74 Å². The first kappa shape index (κ1) is 32.5. The van der Waals surface area contributed by atoms with Crippen molar-refractivity contribution in [1.29, 1.82) is 0 Å². The Balaban J connectivity index is 1.07. The van der Waals surface area contributed by atoms with Crippen molar-refractivity contribution in [1.82, 2.24) is 5.43 Å². The van der Waals surface area contributed by atoms with E-state index in [1.807, 2.05) is 43.3 Å². The van der Waals surface area contributed by atoms with Crippen molar-refractivity contribution in [3.8, 4) is 5.75 Å². The zero-order chi connectivity index (χ0) is 33.5. The summed E-state index contributed by atoms with van der Waals surface area (Å²) >= 11 is 6.27. The monoisotopic (exact) mass is 673 g/mol. The number of sulfonamides is 1. The molecule has 0 aromatic heterocycles. The van der Waals surface area contributed by atoms with E-state index in [-0.39, 0.29) is 11.4 Å². The van der Waals surface area contributed by atoms with Crippen LogP contribution < -0.4 is 14.5 Å². The fourth-order valence-electron chi connectivity index (χ4n) is 5.17. The smallest absolute Gasteiger partial charge is 0.271 e. The van der Waals surface area contributed by atoms with E-state index in [1.54, 1.807) is 79.0 Å². The highest BCUT2D eigenvalue weighted by molar-refractivity contribution is 7.92. The second kappa shape index (κ2) is 14.5. The molecule has 6 aromatic carbocycles. The van der Waals surface area contributed by atoms with Crippen LogP contribution in [0.2, 0.25) is 5.02 Å². The lowest BCUT2D eigenvalue weighted by Crippen LogP contribution is -2.31. The van der Waals surface area contributed by atoms with Crippen molar-refractivity contribution < 1.29 is 17.9 Å². The van der Waals surface area contributed by atoms with Gasteiger partial charge in [0, 0.05) is 10.6 Å². The largest absolute Gasteiger partial charge is 0.489 e. The number of carbonyl (C=O) groups is 1. The second-order valence-electron chi connectivity index (χ2n) is 11.2. The number of nitrogens with zero attached hydrogens (tertiary/aromatic N) is 2. The maximum absolute atomic E-state index is 13.8. The Bertz CT molecular complexity index is 2190. The number of nitrogens with one attached hydrogen (secondary N) is 1. The van der Waals surface area contributed by atoms with E-state index in [0.29, 0.717) is 28.4 Å². The molecule has 6 aromatic rings. The number of fused-ring (bicyclic) bond motifs is 1. The molecule has 0 aliphatic rings. The Morgan fingerprint density at radius 3 is 2.23 bits per heavy atom. The van der Waals surface area contributed by atoms with Gasteiger partial charge >= 0.3 is 0 Å². The summed E-state index contributed by atoms with van der Waals surface area (Å²) in [6.45, 7) is 2.33. The van der Waals surface area contributed by atoms with E-state index in [4.69, 9.17) is 16.3 Å². The number of anilines is 1. The number of aryl methyl sites for hydroxylation is 1. The minimum atomic E-state index is -3.91. The molecule has 0 fully saturated rings. The molecule has 7 nitrogen and oxygen atoms in total. The molecule has 1 amide bonds. The van der Waals surface area contributed by atoms with E-state index in [2.05, 4.69) is 40.9 Å². The number of hydrogen-bond donors (Lipinski definition) is 1. The summed E-state index contributed by atoms with van der Waals surface area (Å²) in [5.41, 5.74) is 6.73. The van der Waals surface area contributed by atoms with Gasteiger partial charge in [-0.3, -0.25) is 9.10 Å². The van der Waals surface area contributed by atoms with Crippen LogP contribution >= 0.6 is 11.6 Å². The molecular formula is C39H32ClN3O4S. The average Bonchev–Trinajstić information content (AvgIpc) is 3.12. The van der Waals surface area contributed by atoms with Crippen LogP contribution in [-0.2, 0) is 23.2 Å². The number of halogens is 1. The van der Waals surface area contributed by atoms with Crippen molar-refractivity contribution in [2.75, 3.05) is 4.31 Å². The van der Waals surface area contributed by atoms with E-state index in [9.17, 15) is 13.2 Å². The van der Waals surface area contributed by atoms with Gasteiger partial charge in [0.25, 0.3) is 15.9 Å². The van der Waals surface area contributed by atoms with Gasteiger partial charge in [-0.15, -0.1) is 0 Å². The quantitative estimate of drug-likeness (QED) is 0.110. The number of ether oxygens (including phenoxy) is 1. The topological polar surface area (TPSA) is 88.1 Å². The van der Waals surface area contributed by atoms with Crippen molar-refractivity contribution in [3.05, 3.63) is 172 Å². The van der Waals surface area contributed by atoms with Crippen LogP contribution in [0.5, 0.6) is 5.75 Å². The number of amides is 1. The lowest BCUT2D eigenvalue weighted by molar-refractivity contribution is 0.0955. The Morgan fingerprint density at radius 2 is 1.48 bits per heavy atom. The lowest BCUT2D eigenvalue weighted by Gasteiger charge is -2.26. The average molecular weight is 674 g/mol. The van der Waals surface area contributed by atoms with Gasteiger partial charge in [0.2, 0.25) is 0 Å². The van der Waals surface area contributed by atoms with Gasteiger partial charge in [0.1, 0.15) is 12.4 Å². The fourth-order valence-corrected chi connectivity index (χ4v) is 6.87. The molecule has 48 heavy (non-hydrogen) atoms. The van der Waals surface area contributed by atoms with Crippen molar-refractivity contribution in [2.24, 2.45) is 5.10 Å². The summed E-state index contributed by atoms with van der Waals surface area (Å²) in [4.78, 5) is 13.0. The molecule has 0 spiro atoms. The van der Waals surface area contributed by atoms with Crippen LogP contribution in [0.25, 0.3) is 10.8 Å². The Morgan fingerprint density at radius 1 is 0.792 bits per heavy atom. The summed E-state index contributed by atoms with van der Waals surface area (Å²) in [5, 5.41) is 6.89. The third-order valence-corrected chi connectivity index (χ3v) is 9.80. The van der Waals surface area contributed by atoms with Gasteiger partial charge in [-0.05, 0) is 107 Å². The fraction of sp³-hybridized carbons (Fsp3) is 0.0769. The van der Waals surface area contributed by atoms with Crippen LogP contribution in [0.15, 0.2) is 150 Å². The van der Waals surface area contributed by atoms with E-state index in [1.165, 1.54) is 15.1 Å². The van der Waals surface area contributed by atoms with Gasteiger partial charge in [0.05, 0.1) is 23.3 Å². The summed E-state index contributed by atoms with van der Waals surface area (Å²) < 4.78 is 34.8. The molecule has 0 aliphatic carbocycles. The van der Waals surface area contributed by atoms with Gasteiger partial charge in [-0.1, -0.05) is 84.4 Å². The molecule has 6 rings (SSSR count). The summed E-state index contributed by atoms with van der Waals surface area (Å²) in [6, 6.07) is 42.1. The molecule has 0 unspecified atom stereocenters. The van der Waals surface area contributed by atoms with E-state index < -0.39 is 15.9 Å². The number of hydrogen-bond acceptors (Lipinski definition) is 5. The molecule has 0 atom stereocenters. The van der Waals surface area contributed by atoms with Crippen LogP contribution in [0, 0.1) is 6.92 Å². The Hall–Kier alpha value is -5.44. The first-order chi connectivity index (χ1) is 23.3. The third kappa shape index (κ3) is 7.74. The first-order valence-electron chi connectivity index (χ1n) is 15.2. The molecule has 0 saturated carbocycles.